The minimum Gasteiger partial charge on any atom is -0.480 e. The van der Waals surface area contributed by atoms with Gasteiger partial charge in [0, 0.05) is 18.1 Å². The second-order valence-electron chi connectivity index (χ2n) is 6.67. The second-order valence-corrected chi connectivity index (χ2v) is 6.67. The van der Waals surface area contributed by atoms with Crippen LogP contribution in [0.2, 0.25) is 0 Å². The van der Waals surface area contributed by atoms with Crippen molar-refractivity contribution in [1.82, 2.24) is 14.9 Å². The van der Waals surface area contributed by atoms with E-state index in [1.165, 1.54) is 0 Å². The zero-order valence-electron chi connectivity index (χ0n) is 14.5. The van der Waals surface area contributed by atoms with Crippen molar-refractivity contribution in [1.29, 1.82) is 0 Å². The quantitative estimate of drug-likeness (QED) is 0.780. The molecule has 5 nitrogen and oxygen atoms in total. The van der Waals surface area contributed by atoms with Crippen LogP contribution in [0.1, 0.15) is 36.7 Å². The third-order valence-corrected chi connectivity index (χ3v) is 5.03. The number of carbonyl (C=O) groups is 1. The van der Waals surface area contributed by atoms with Crippen LogP contribution in [0.25, 0.3) is 10.9 Å². The molecule has 1 aromatic carbocycles. The zero-order chi connectivity index (χ0) is 17.9. The highest BCUT2D eigenvalue weighted by atomic mass is 16.4. The summed E-state index contributed by atoms with van der Waals surface area (Å²) in [6, 6.07) is 17.0. The second kappa shape index (κ2) is 7.22. The van der Waals surface area contributed by atoms with E-state index in [2.05, 4.69) is 4.98 Å². The Morgan fingerprint density at radius 3 is 2.69 bits per heavy atom. The fourth-order valence-corrected chi connectivity index (χ4v) is 3.79. The van der Waals surface area contributed by atoms with Gasteiger partial charge in [-0.3, -0.25) is 19.7 Å². The Morgan fingerprint density at radius 2 is 1.88 bits per heavy atom. The number of piperidine rings is 1. The van der Waals surface area contributed by atoms with E-state index < -0.39 is 12.0 Å². The maximum atomic E-state index is 11.9. The number of fused-ring (bicyclic) bond motifs is 1. The van der Waals surface area contributed by atoms with Crippen LogP contribution >= 0.6 is 0 Å². The van der Waals surface area contributed by atoms with Gasteiger partial charge in [-0.05, 0) is 37.1 Å². The van der Waals surface area contributed by atoms with Gasteiger partial charge in [0.05, 0.1) is 22.9 Å². The molecule has 3 aromatic rings. The van der Waals surface area contributed by atoms with Crippen molar-refractivity contribution in [2.75, 3.05) is 6.54 Å². The predicted octanol–water partition coefficient (Wildman–Crippen LogP) is 3.66. The molecule has 1 aliphatic rings. The summed E-state index contributed by atoms with van der Waals surface area (Å²) in [4.78, 5) is 23.3. The number of aromatic nitrogens is 2. The lowest BCUT2D eigenvalue weighted by atomic mass is 9.96. The van der Waals surface area contributed by atoms with Crippen LogP contribution in [0, 0.1) is 0 Å². The molecule has 2 unspecified atom stereocenters. The van der Waals surface area contributed by atoms with Gasteiger partial charge in [0.15, 0.2) is 0 Å². The van der Waals surface area contributed by atoms with E-state index in [0.29, 0.717) is 6.42 Å². The largest absolute Gasteiger partial charge is 0.480 e. The summed E-state index contributed by atoms with van der Waals surface area (Å²) in [6.07, 6.45) is 4.34. The van der Waals surface area contributed by atoms with Crippen molar-refractivity contribution in [3.05, 3.63) is 72.2 Å². The van der Waals surface area contributed by atoms with Crippen LogP contribution in [0.15, 0.2) is 60.8 Å². The van der Waals surface area contributed by atoms with Crippen molar-refractivity contribution in [2.45, 2.75) is 31.3 Å². The van der Waals surface area contributed by atoms with Gasteiger partial charge in [-0.2, -0.15) is 0 Å². The van der Waals surface area contributed by atoms with Crippen LogP contribution in [-0.4, -0.2) is 38.5 Å². The number of benzene rings is 1. The van der Waals surface area contributed by atoms with E-state index in [1.807, 2.05) is 59.5 Å². The highest BCUT2D eigenvalue weighted by Crippen LogP contribution is 2.33. The van der Waals surface area contributed by atoms with Crippen LogP contribution in [0.4, 0.5) is 0 Å². The van der Waals surface area contributed by atoms with Gasteiger partial charge in [0.1, 0.15) is 6.04 Å². The Bertz CT molecular complexity index is 913. The van der Waals surface area contributed by atoms with Crippen LogP contribution in [0.3, 0.4) is 0 Å². The Morgan fingerprint density at radius 1 is 1.04 bits per heavy atom. The maximum Gasteiger partial charge on any atom is 0.320 e. The average Bonchev–Trinajstić information content (AvgIpc) is 2.69. The molecule has 3 heterocycles. The van der Waals surface area contributed by atoms with Crippen LogP contribution in [0.5, 0.6) is 0 Å². The van der Waals surface area contributed by atoms with Crippen LogP contribution < -0.4 is 0 Å². The number of pyridine rings is 2. The average molecular weight is 347 g/mol. The number of carboxylic acid groups (broad SMARTS) is 1. The number of nitrogens with zero attached hydrogens (tertiary/aromatic N) is 3. The van der Waals surface area contributed by atoms with E-state index in [1.54, 1.807) is 6.20 Å². The monoisotopic (exact) mass is 347 g/mol. The third-order valence-electron chi connectivity index (χ3n) is 5.03. The first-order valence-electron chi connectivity index (χ1n) is 8.99. The Hall–Kier alpha value is -2.79. The Labute approximate surface area is 152 Å². The van der Waals surface area contributed by atoms with Gasteiger partial charge in [0.25, 0.3) is 0 Å². The highest BCUT2D eigenvalue weighted by Gasteiger charge is 2.36. The molecule has 0 aliphatic carbocycles. The van der Waals surface area contributed by atoms with Gasteiger partial charge in [-0.1, -0.05) is 36.8 Å². The van der Waals surface area contributed by atoms with Crippen LogP contribution in [-0.2, 0) is 4.79 Å². The topological polar surface area (TPSA) is 66.3 Å². The smallest absolute Gasteiger partial charge is 0.320 e. The molecule has 1 N–H and O–H groups in total. The molecule has 0 amide bonds. The molecule has 0 saturated carbocycles. The summed E-state index contributed by atoms with van der Waals surface area (Å²) in [5.41, 5.74) is 2.59. The summed E-state index contributed by atoms with van der Waals surface area (Å²) < 4.78 is 0. The minimum atomic E-state index is -0.772. The molecule has 1 saturated heterocycles. The fraction of sp³-hybridized carbons (Fsp3) is 0.286. The number of likely N-dealkylation sites (tertiary alicyclic amines) is 1. The highest BCUT2D eigenvalue weighted by molar-refractivity contribution is 5.78. The number of carboxylic acids is 1. The summed E-state index contributed by atoms with van der Waals surface area (Å²) in [5, 5.41) is 10.8. The van der Waals surface area contributed by atoms with Gasteiger partial charge >= 0.3 is 5.97 Å². The van der Waals surface area contributed by atoms with Crippen molar-refractivity contribution in [3.63, 3.8) is 0 Å². The SMILES string of the molecule is O=C(O)C1CCCCN1C(c1ccccn1)c1ccc2ccccc2n1. The van der Waals surface area contributed by atoms with E-state index >= 15 is 0 Å². The molecule has 0 radical (unpaired) electrons. The summed E-state index contributed by atoms with van der Waals surface area (Å²) >= 11 is 0. The molecule has 4 rings (SSSR count). The van der Waals surface area contributed by atoms with E-state index in [0.717, 1.165) is 41.7 Å². The summed E-state index contributed by atoms with van der Waals surface area (Å²) in [5.74, 6) is -0.772. The lowest BCUT2D eigenvalue weighted by Crippen LogP contribution is -2.47. The first kappa shape index (κ1) is 16.7. The molecule has 132 valence electrons. The van der Waals surface area contributed by atoms with Crippen molar-refractivity contribution in [2.24, 2.45) is 0 Å². The molecule has 1 aliphatic heterocycles. The molecular weight excluding hydrogens is 326 g/mol. The molecule has 0 spiro atoms. The van der Waals surface area contributed by atoms with Crippen molar-refractivity contribution >= 4 is 16.9 Å². The van der Waals surface area contributed by atoms with Gasteiger partial charge in [-0.25, -0.2) is 0 Å². The first-order valence-corrected chi connectivity index (χ1v) is 8.99. The van der Waals surface area contributed by atoms with Crippen molar-refractivity contribution in [3.8, 4) is 0 Å². The summed E-state index contributed by atoms with van der Waals surface area (Å²) in [6.45, 7) is 0.729. The molecule has 2 aromatic heterocycles. The standard InChI is InChI=1S/C21H21N3O2/c25-21(26)19-10-4-6-14-24(19)20(17-9-3-5-13-22-17)18-12-11-15-7-1-2-8-16(15)23-18/h1-3,5,7-9,11-13,19-20H,4,6,10,14H2,(H,25,26). The van der Waals surface area contributed by atoms with Gasteiger partial charge < -0.3 is 5.11 Å². The predicted molar refractivity (Wildman–Crippen MR) is 99.8 cm³/mol. The van der Waals surface area contributed by atoms with Gasteiger partial charge in [0.2, 0.25) is 0 Å². The van der Waals surface area contributed by atoms with E-state index in [4.69, 9.17) is 4.98 Å². The number of hydrogen-bond acceptors (Lipinski definition) is 4. The number of para-hydroxylation sites is 1. The Kier molecular flexibility index (Phi) is 4.63. The normalized spacial score (nSPS) is 19.3. The molecular formula is C21H21N3O2. The zero-order valence-corrected chi connectivity index (χ0v) is 14.5. The molecule has 1 fully saturated rings. The third kappa shape index (κ3) is 3.18. The number of rotatable bonds is 4. The number of aliphatic carboxylic acids is 1. The Balaban J connectivity index is 1.83. The first-order chi connectivity index (χ1) is 12.7. The van der Waals surface area contributed by atoms with E-state index in [9.17, 15) is 9.90 Å². The lowest BCUT2D eigenvalue weighted by molar-refractivity contribution is -0.145. The minimum absolute atomic E-state index is 0.262. The molecule has 2 atom stereocenters. The number of hydrogen-bond donors (Lipinski definition) is 1. The van der Waals surface area contributed by atoms with E-state index in [-0.39, 0.29) is 6.04 Å². The molecule has 0 bridgehead atoms. The van der Waals surface area contributed by atoms with Gasteiger partial charge in [-0.15, -0.1) is 0 Å². The van der Waals surface area contributed by atoms with Crippen molar-refractivity contribution < 1.29 is 9.90 Å². The lowest BCUT2D eigenvalue weighted by Gasteiger charge is -2.38. The molecule has 5 heteroatoms. The maximum absolute atomic E-state index is 11.9. The fourth-order valence-electron chi connectivity index (χ4n) is 3.79. The summed E-state index contributed by atoms with van der Waals surface area (Å²) in [7, 11) is 0. The molecule has 26 heavy (non-hydrogen) atoms.